The van der Waals surface area contributed by atoms with E-state index >= 15 is 0 Å². The highest BCUT2D eigenvalue weighted by Gasteiger charge is 2.26. The van der Waals surface area contributed by atoms with Crippen LogP contribution in [0.5, 0.6) is 0 Å². The predicted molar refractivity (Wildman–Crippen MR) is 166 cm³/mol. The predicted octanol–water partition coefficient (Wildman–Crippen LogP) is 7.49. The third-order valence-corrected chi connectivity index (χ3v) is 7.76. The van der Waals surface area contributed by atoms with Crippen molar-refractivity contribution in [2.75, 3.05) is 19.8 Å². The van der Waals surface area contributed by atoms with Crippen LogP contribution in [0.15, 0.2) is 24.3 Å². The Morgan fingerprint density at radius 1 is 0.800 bits per heavy atom. The van der Waals surface area contributed by atoms with Gasteiger partial charge in [-0.05, 0) is 44.9 Å². The Balaban J connectivity index is 4.40. The van der Waals surface area contributed by atoms with Crippen molar-refractivity contribution in [1.29, 1.82) is 0 Å². The Bertz CT molecular complexity index is 689. The molecular weight excluding hydrogens is 527 g/mol. The summed E-state index contributed by atoms with van der Waals surface area (Å²) in [7, 11) is -4.32. The summed E-state index contributed by atoms with van der Waals surface area (Å²) in [6.45, 7) is 4.03. The molecule has 40 heavy (non-hydrogen) atoms. The first-order valence-electron chi connectivity index (χ1n) is 16.0. The summed E-state index contributed by atoms with van der Waals surface area (Å²) >= 11 is 0. The van der Waals surface area contributed by atoms with E-state index in [4.69, 9.17) is 14.8 Å². The number of nitrogens with one attached hydrogen (secondary N) is 1. The first-order chi connectivity index (χ1) is 19.4. The highest BCUT2D eigenvalue weighted by molar-refractivity contribution is 7.47. The summed E-state index contributed by atoms with van der Waals surface area (Å²) in [5.74, 6) is -0.210. The summed E-state index contributed by atoms with van der Waals surface area (Å²) in [5, 5.41) is 13.4. The number of hydrogen-bond acceptors (Lipinski definition) is 6. The van der Waals surface area contributed by atoms with Crippen LogP contribution in [0.2, 0.25) is 0 Å². The highest BCUT2D eigenvalue weighted by atomic mass is 31.2. The average Bonchev–Trinajstić information content (AvgIpc) is 2.93. The van der Waals surface area contributed by atoms with E-state index in [0.29, 0.717) is 6.42 Å². The maximum Gasteiger partial charge on any atom is 0.472 e. The van der Waals surface area contributed by atoms with Crippen LogP contribution >= 0.6 is 7.82 Å². The van der Waals surface area contributed by atoms with Crippen LogP contribution in [-0.4, -0.2) is 47.8 Å². The van der Waals surface area contributed by atoms with Crippen molar-refractivity contribution >= 4 is 13.7 Å². The SMILES string of the molecule is CCCCCC/C=C\CCCCCCCC(=O)NC(COP(=O)(O)OCCN)C(O)/C=C/CCCCCCCC. The fourth-order valence-corrected chi connectivity index (χ4v) is 5.06. The van der Waals surface area contributed by atoms with E-state index in [1.165, 1.54) is 64.2 Å². The Labute approximate surface area is 245 Å². The van der Waals surface area contributed by atoms with Crippen molar-refractivity contribution in [3.63, 3.8) is 0 Å². The van der Waals surface area contributed by atoms with Crippen molar-refractivity contribution in [3.05, 3.63) is 24.3 Å². The van der Waals surface area contributed by atoms with E-state index < -0.39 is 20.0 Å². The number of aliphatic hydroxyl groups is 1. The molecule has 0 spiro atoms. The number of hydrogen-bond donors (Lipinski definition) is 4. The van der Waals surface area contributed by atoms with Crippen LogP contribution in [0.1, 0.15) is 136 Å². The Hall–Kier alpha value is -1.02. The van der Waals surface area contributed by atoms with Gasteiger partial charge < -0.3 is 21.1 Å². The van der Waals surface area contributed by atoms with Gasteiger partial charge in [0.25, 0.3) is 0 Å². The van der Waals surface area contributed by atoms with E-state index in [1.807, 2.05) is 6.08 Å². The molecule has 5 N–H and O–H groups in total. The summed E-state index contributed by atoms with van der Waals surface area (Å²) in [5.41, 5.74) is 5.32. The standard InChI is InChI=1S/C31H61N2O6P/c1-3-5-7-9-11-13-14-15-16-17-19-21-23-25-31(35)33-29(28-39-40(36,37)38-27-26-32)30(34)24-22-20-18-12-10-8-6-4-2/h13-14,22,24,29-30,34H,3-12,15-21,23,25-28,32H2,1-2H3,(H,33,35)(H,36,37)/b14-13-,24-22+. The first kappa shape index (κ1) is 39.0. The van der Waals surface area contributed by atoms with E-state index in [1.54, 1.807) is 6.08 Å². The number of carbonyl (C=O) groups is 1. The molecule has 0 rings (SSSR count). The largest absolute Gasteiger partial charge is 0.472 e. The molecule has 236 valence electrons. The molecule has 0 bridgehead atoms. The van der Waals surface area contributed by atoms with Gasteiger partial charge in [-0.15, -0.1) is 0 Å². The van der Waals surface area contributed by atoms with Crippen LogP contribution in [-0.2, 0) is 18.4 Å². The van der Waals surface area contributed by atoms with Crippen LogP contribution in [0.3, 0.4) is 0 Å². The topological polar surface area (TPSA) is 131 Å². The van der Waals surface area contributed by atoms with E-state index in [9.17, 15) is 19.4 Å². The molecule has 0 aliphatic heterocycles. The molecule has 1 amide bonds. The van der Waals surface area contributed by atoms with Gasteiger partial charge >= 0.3 is 7.82 Å². The monoisotopic (exact) mass is 588 g/mol. The van der Waals surface area contributed by atoms with Gasteiger partial charge in [-0.3, -0.25) is 13.8 Å². The van der Waals surface area contributed by atoms with Crippen LogP contribution in [0.25, 0.3) is 0 Å². The number of rotatable bonds is 29. The summed E-state index contributed by atoms with van der Waals surface area (Å²) < 4.78 is 21.8. The number of aliphatic hydroxyl groups excluding tert-OH is 1. The molecule has 0 saturated carbocycles. The Morgan fingerprint density at radius 2 is 1.30 bits per heavy atom. The molecule has 9 heteroatoms. The van der Waals surface area contributed by atoms with E-state index in [-0.39, 0.29) is 25.7 Å². The second-order valence-electron chi connectivity index (χ2n) is 10.7. The molecule has 0 heterocycles. The number of phosphoric ester groups is 1. The lowest BCUT2D eigenvalue weighted by molar-refractivity contribution is -0.123. The zero-order chi connectivity index (χ0) is 29.7. The lowest BCUT2D eigenvalue weighted by Gasteiger charge is -2.23. The van der Waals surface area contributed by atoms with Gasteiger partial charge in [0.2, 0.25) is 5.91 Å². The molecule has 0 aliphatic carbocycles. The van der Waals surface area contributed by atoms with E-state index in [0.717, 1.165) is 51.4 Å². The molecule has 8 nitrogen and oxygen atoms in total. The Morgan fingerprint density at radius 3 is 1.88 bits per heavy atom. The van der Waals surface area contributed by atoms with Gasteiger partial charge in [-0.1, -0.05) is 109 Å². The molecule has 0 radical (unpaired) electrons. The minimum atomic E-state index is -4.32. The number of nitrogens with two attached hydrogens (primary N) is 1. The number of allylic oxidation sites excluding steroid dienone is 3. The number of phosphoric acid groups is 1. The molecule has 0 aliphatic rings. The highest BCUT2D eigenvalue weighted by Crippen LogP contribution is 2.43. The first-order valence-corrected chi connectivity index (χ1v) is 17.5. The zero-order valence-corrected chi connectivity index (χ0v) is 26.5. The lowest BCUT2D eigenvalue weighted by Crippen LogP contribution is -2.45. The number of unbranched alkanes of at least 4 members (excludes halogenated alkanes) is 15. The molecule has 0 aromatic heterocycles. The van der Waals surface area contributed by atoms with Crippen molar-refractivity contribution in [2.24, 2.45) is 5.73 Å². The molecule has 3 atom stereocenters. The van der Waals surface area contributed by atoms with E-state index in [2.05, 4.69) is 31.3 Å². The minimum Gasteiger partial charge on any atom is -0.387 e. The van der Waals surface area contributed by atoms with Gasteiger partial charge in [0.15, 0.2) is 0 Å². The molecule has 3 unspecified atom stereocenters. The van der Waals surface area contributed by atoms with Crippen molar-refractivity contribution in [1.82, 2.24) is 5.32 Å². The fourth-order valence-electron chi connectivity index (χ4n) is 4.30. The van der Waals surface area contributed by atoms with Crippen molar-refractivity contribution in [3.8, 4) is 0 Å². The lowest BCUT2D eigenvalue weighted by atomic mass is 10.1. The normalized spacial score (nSPS) is 15.0. The quantitative estimate of drug-likeness (QED) is 0.0404. The van der Waals surface area contributed by atoms with Gasteiger partial charge in [0.1, 0.15) is 0 Å². The smallest absolute Gasteiger partial charge is 0.387 e. The molecule has 0 aromatic rings. The van der Waals surface area contributed by atoms with Crippen LogP contribution in [0.4, 0.5) is 0 Å². The van der Waals surface area contributed by atoms with Gasteiger partial charge in [-0.2, -0.15) is 0 Å². The van der Waals surface area contributed by atoms with Gasteiger partial charge in [0.05, 0.1) is 25.4 Å². The summed E-state index contributed by atoms with van der Waals surface area (Å²) in [6.07, 6.45) is 28.0. The zero-order valence-electron chi connectivity index (χ0n) is 25.6. The average molecular weight is 589 g/mol. The molecule has 0 fully saturated rings. The molecule has 0 saturated heterocycles. The van der Waals surface area contributed by atoms with Crippen molar-refractivity contribution < 1.29 is 28.4 Å². The van der Waals surface area contributed by atoms with Crippen molar-refractivity contribution in [2.45, 2.75) is 148 Å². The van der Waals surface area contributed by atoms with Crippen LogP contribution < -0.4 is 11.1 Å². The van der Waals surface area contributed by atoms with Gasteiger partial charge in [-0.25, -0.2) is 4.57 Å². The third-order valence-electron chi connectivity index (χ3n) is 6.77. The number of carbonyl (C=O) groups excluding carboxylic acids is 1. The molecule has 0 aromatic carbocycles. The third kappa shape index (κ3) is 25.9. The molecular formula is C31H61N2O6P. The number of amides is 1. The summed E-state index contributed by atoms with van der Waals surface area (Å²) in [4.78, 5) is 22.4. The van der Waals surface area contributed by atoms with Crippen LogP contribution in [0, 0.1) is 0 Å². The maximum atomic E-state index is 12.6. The fraction of sp³-hybridized carbons (Fsp3) is 0.839. The summed E-state index contributed by atoms with van der Waals surface area (Å²) in [6, 6.07) is -0.857. The minimum absolute atomic E-state index is 0.0771. The second kappa shape index (κ2) is 28.1. The second-order valence-corrected chi connectivity index (χ2v) is 12.1. The Kier molecular flexibility index (Phi) is 27.4. The van der Waals surface area contributed by atoms with Gasteiger partial charge in [0, 0.05) is 13.0 Å². The maximum absolute atomic E-state index is 12.6.